The molecule has 0 bridgehead atoms. The Balaban J connectivity index is 1.88. The number of halogens is 2. The van der Waals surface area contributed by atoms with Gasteiger partial charge in [-0.15, -0.1) is 5.10 Å². The summed E-state index contributed by atoms with van der Waals surface area (Å²) < 4.78 is 15.6. The van der Waals surface area contributed by atoms with Crippen LogP contribution in [0.2, 0.25) is 5.02 Å². The highest BCUT2D eigenvalue weighted by atomic mass is 35.5. The average Bonchev–Trinajstić information content (AvgIpc) is 3.14. The van der Waals surface area contributed by atoms with Gasteiger partial charge in [-0.05, 0) is 34.7 Å². The third-order valence-electron chi connectivity index (χ3n) is 3.78. The maximum atomic E-state index is 14.4. The minimum Gasteiger partial charge on any atom is -0.383 e. The molecule has 0 amide bonds. The number of tetrazole rings is 1. The number of rotatable bonds is 3. The largest absolute Gasteiger partial charge is 0.383 e. The van der Waals surface area contributed by atoms with E-state index in [0.717, 1.165) is 11.1 Å². The maximum Gasteiger partial charge on any atom is 0.190 e. The van der Waals surface area contributed by atoms with Gasteiger partial charge < -0.3 is 5.73 Å². The summed E-state index contributed by atoms with van der Waals surface area (Å²) in [4.78, 5) is 8.30. The minimum absolute atomic E-state index is 0.0286. The van der Waals surface area contributed by atoms with Crippen LogP contribution in [0.3, 0.4) is 0 Å². The van der Waals surface area contributed by atoms with Crippen molar-refractivity contribution in [2.24, 2.45) is 0 Å². The zero-order chi connectivity index (χ0) is 18.1. The first-order valence-electron chi connectivity index (χ1n) is 7.54. The van der Waals surface area contributed by atoms with Gasteiger partial charge in [-0.3, -0.25) is 4.98 Å². The first-order chi connectivity index (χ1) is 12.6. The molecule has 4 rings (SSSR count). The van der Waals surface area contributed by atoms with Crippen LogP contribution in [0.25, 0.3) is 28.2 Å². The molecular weight excluding hydrogens is 357 g/mol. The zero-order valence-electron chi connectivity index (χ0n) is 13.2. The van der Waals surface area contributed by atoms with E-state index in [-0.39, 0.29) is 22.4 Å². The van der Waals surface area contributed by atoms with Crippen LogP contribution >= 0.6 is 11.6 Å². The molecule has 0 saturated heterocycles. The Hall–Kier alpha value is -3.39. The Labute approximate surface area is 152 Å². The van der Waals surface area contributed by atoms with Crippen molar-refractivity contribution >= 4 is 17.4 Å². The summed E-state index contributed by atoms with van der Waals surface area (Å²) in [5.74, 6) is -0.157. The molecule has 7 nitrogen and oxygen atoms in total. The van der Waals surface area contributed by atoms with Gasteiger partial charge in [-0.1, -0.05) is 23.7 Å². The molecular formula is C17H11ClFN7. The zero-order valence-corrected chi connectivity index (χ0v) is 14.0. The molecule has 128 valence electrons. The first kappa shape index (κ1) is 16.1. The summed E-state index contributed by atoms with van der Waals surface area (Å²) in [6, 6.07) is 10.1. The molecule has 3 aromatic heterocycles. The second-order valence-corrected chi connectivity index (χ2v) is 5.79. The predicted molar refractivity (Wildman–Crippen MR) is 95.0 cm³/mol. The van der Waals surface area contributed by atoms with Gasteiger partial charge in [0.25, 0.3) is 0 Å². The Bertz CT molecular complexity index is 1080. The Morgan fingerprint density at radius 1 is 1.08 bits per heavy atom. The van der Waals surface area contributed by atoms with Gasteiger partial charge in [-0.2, -0.15) is 4.68 Å². The van der Waals surface area contributed by atoms with Crippen LogP contribution in [-0.2, 0) is 0 Å². The van der Waals surface area contributed by atoms with Gasteiger partial charge in [0.15, 0.2) is 11.6 Å². The normalized spacial score (nSPS) is 10.8. The molecule has 0 unspecified atom stereocenters. The van der Waals surface area contributed by atoms with Gasteiger partial charge in [0.05, 0.1) is 10.6 Å². The van der Waals surface area contributed by atoms with E-state index in [4.69, 9.17) is 17.3 Å². The summed E-state index contributed by atoms with van der Waals surface area (Å²) >= 11 is 5.86. The van der Waals surface area contributed by atoms with Gasteiger partial charge in [0, 0.05) is 29.7 Å². The van der Waals surface area contributed by atoms with E-state index in [1.807, 2.05) is 12.1 Å². The molecule has 0 fully saturated rings. The Kier molecular flexibility index (Phi) is 4.02. The van der Waals surface area contributed by atoms with Crippen molar-refractivity contribution in [3.05, 3.63) is 65.8 Å². The third-order valence-corrected chi connectivity index (χ3v) is 4.08. The molecule has 0 radical (unpaired) electrons. The van der Waals surface area contributed by atoms with Gasteiger partial charge in [0.1, 0.15) is 11.5 Å². The highest BCUT2D eigenvalue weighted by molar-refractivity contribution is 6.30. The van der Waals surface area contributed by atoms with Crippen LogP contribution in [0.15, 0.2) is 55.0 Å². The fourth-order valence-corrected chi connectivity index (χ4v) is 2.69. The van der Waals surface area contributed by atoms with Crippen molar-refractivity contribution in [1.29, 1.82) is 0 Å². The lowest BCUT2D eigenvalue weighted by Gasteiger charge is -2.09. The maximum absolute atomic E-state index is 14.4. The third kappa shape index (κ3) is 2.76. The summed E-state index contributed by atoms with van der Waals surface area (Å²) in [6.07, 6.45) is 5.01. The van der Waals surface area contributed by atoms with Crippen LogP contribution in [0, 0.1) is 5.82 Å². The molecule has 0 spiro atoms. The topological polar surface area (TPSA) is 95.4 Å². The van der Waals surface area contributed by atoms with Crippen molar-refractivity contribution in [3.8, 4) is 28.2 Å². The lowest BCUT2D eigenvalue weighted by atomic mass is 10.1. The first-order valence-corrected chi connectivity index (χ1v) is 7.92. The standard InChI is InChI=1S/C17H11ClFN7/c18-13-4-1-5-14(15(13)19)26-17(23-24-25-26)12-7-11(9-22-16(12)20)10-3-2-6-21-8-10/h1-9H,(H2,20,22). The van der Waals surface area contributed by atoms with Crippen molar-refractivity contribution in [1.82, 2.24) is 30.2 Å². The second kappa shape index (κ2) is 6.49. The summed E-state index contributed by atoms with van der Waals surface area (Å²) in [5, 5.41) is 11.5. The molecule has 0 atom stereocenters. The Morgan fingerprint density at radius 2 is 1.96 bits per heavy atom. The van der Waals surface area contributed by atoms with E-state index >= 15 is 0 Å². The number of aromatic nitrogens is 6. The molecule has 2 N–H and O–H groups in total. The van der Waals surface area contributed by atoms with Crippen LogP contribution in [0.1, 0.15) is 0 Å². The van der Waals surface area contributed by atoms with Crippen molar-refractivity contribution < 1.29 is 4.39 Å². The fourth-order valence-electron chi connectivity index (χ4n) is 2.52. The SMILES string of the molecule is Nc1ncc(-c2cccnc2)cc1-c1nnnn1-c1cccc(Cl)c1F. The van der Waals surface area contributed by atoms with Gasteiger partial charge in [-0.25, -0.2) is 9.37 Å². The number of nitrogens with zero attached hydrogens (tertiary/aromatic N) is 6. The molecule has 0 saturated carbocycles. The smallest absolute Gasteiger partial charge is 0.190 e. The number of benzene rings is 1. The molecule has 0 aliphatic rings. The molecule has 0 aliphatic carbocycles. The molecule has 3 heterocycles. The molecule has 1 aromatic carbocycles. The molecule has 9 heteroatoms. The number of hydrogen-bond acceptors (Lipinski definition) is 6. The quantitative estimate of drug-likeness (QED) is 0.597. The minimum atomic E-state index is -0.627. The van der Waals surface area contributed by atoms with E-state index in [1.54, 1.807) is 30.7 Å². The highest BCUT2D eigenvalue weighted by Crippen LogP contribution is 2.30. The summed E-state index contributed by atoms with van der Waals surface area (Å²) in [5.41, 5.74) is 8.24. The molecule has 26 heavy (non-hydrogen) atoms. The van der Waals surface area contributed by atoms with E-state index in [2.05, 4.69) is 25.5 Å². The van der Waals surface area contributed by atoms with Crippen molar-refractivity contribution in [2.45, 2.75) is 0 Å². The Morgan fingerprint density at radius 3 is 2.77 bits per heavy atom. The molecule has 4 aromatic rings. The van der Waals surface area contributed by atoms with Crippen LogP contribution in [0.5, 0.6) is 0 Å². The number of nitrogen functional groups attached to an aromatic ring is 1. The number of anilines is 1. The van der Waals surface area contributed by atoms with Gasteiger partial charge in [0.2, 0.25) is 0 Å². The fraction of sp³-hybridized carbons (Fsp3) is 0. The molecule has 0 aliphatic heterocycles. The highest BCUT2D eigenvalue weighted by Gasteiger charge is 2.19. The van der Waals surface area contributed by atoms with Crippen LogP contribution < -0.4 is 5.73 Å². The van der Waals surface area contributed by atoms with Crippen LogP contribution in [0.4, 0.5) is 10.2 Å². The number of pyridine rings is 2. The van der Waals surface area contributed by atoms with Crippen LogP contribution in [-0.4, -0.2) is 30.2 Å². The number of nitrogens with two attached hydrogens (primary N) is 1. The van der Waals surface area contributed by atoms with E-state index in [9.17, 15) is 4.39 Å². The summed E-state index contributed by atoms with van der Waals surface area (Å²) in [7, 11) is 0. The van der Waals surface area contributed by atoms with E-state index in [0.29, 0.717) is 5.56 Å². The predicted octanol–water partition coefficient (Wildman–Crippen LogP) is 3.16. The lowest BCUT2D eigenvalue weighted by Crippen LogP contribution is -2.05. The lowest BCUT2D eigenvalue weighted by molar-refractivity contribution is 0.608. The number of hydrogen-bond donors (Lipinski definition) is 1. The van der Waals surface area contributed by atoms with E-state index in [1.165, 1.54) is 16.8 Å². The van der Waals surface area contributed by atoms with E-state index < -0.39 is 5.82 Å². The second-order valence-electron chi connectivity index (χ2n) is 5.39. The van der Waals surface area contributed by atoms with Gasteiger partial charge >= 0.3 is 0 Å². The van der Waals surface area contributed by atoms with Crippen molar-refractivity contribution in [2.75, 3.05) is 5.73 Å². The monoisotopic (exact) mass is 367 g/mol. The van der Waals surface area contributed by atoms with Crippen molar-refractivity contribution in [3.63, 3.8) is 0 Å². The summed E-state index contributed by atoms with van der Waals surface area (Å²) in [6.45, 7) is 0. The average molecular weight is 368 g/mol.